The molecule has 0 aliphatic carbocycles. The summed E-state index contributed by atoms with van der Waals surface area (Å²) in [4.78, 5) is 20.1. The maximum Gasteiger partial charge on any atom is 0.142 e. The molecular weight excluding hydrogens is 420 g/mol. The van der Waals surface area contributed by atoms with Crippen LogP contribution in [0.2, 0.25) is 0 Å². The van der Waals surface area contributed by atoms with Crippen LogP contribution in [0.15, 0.2) is 0 Å². The molecule has 202 valence electrons. The standard InChI is InChI=1S/C15H29NO.C14H31N3/c1-12(2)13(17)14(3,4)15(5,6)16-10-8-7-9-11-16;1-13(2)5-8-16-9-11-17(12-10-16)14(3,4)6-7-15/h12H,7-11H2,1-6H3;13H,5-12,15H2,1-4H3. The average molecular weight is 481 g/mol. The largest absolute Gasteiger partial charge is 0.330 e. The Hall–Kier alpha value is -0.490. The van der Waals surface area contributed by atoms with Gasteiger partial charge in [-0.3, -0.25) is 14.6 Å². The van der Waals surface area contributed by atoms with Gasteiger partial charge in [-0.05, 0) is 85.5 Å². The lowest BCUT2D eigenvalue weighted by molar-refractivity contribution is -0.139. The van der Waals surface area contributed by atoms with E-state index in [1.165, 1.54) is 58.4 Å². The average Bonchev–Trinajstić information content (AvgIpc) is 2.78. The second-order valence-electron chi connectivity index (χ2n) is 13.1. The predicted octanol–water partition coefficient (Wildman–Crippen LogP) is 5.28. The van der Waals surface area contributed by atoms with E-state index in [0.29, 0.717) is 5.78 Å². The highest BCUT2D eigenvalue weighted by molar-refractivity contribution is 5.87. The SMILES string of the molecule is CC(C)C(=O)C(C)(C)C(C)(C)N1CCCCC1.CC(C)CCN1CCN(C(C)(C)CCN)CC1. The molecule has 0 bridgehead atoms. The van der Waals surface area contributed by atoms with Crippen molar-refractivity contribution in [1.29, 1.82) is 0 Å². The van der Waals surface area contributed by atoms with Crippen LogP contribution >= 0.6 is 0 Å². The van der Waals surface area contributed by atoms with Crippen LogP contribution < -0.4 is 5.73 Å². The van der Waals surface area contributed by atoms with E-state index in [1.54, 1.807) is 0 Å². The number of rotatable bonds is 10. The van der Waals surface area contributed by atoms with E-state index in [1.807, 2.05) is 13.8 Å². The number of hydrogen-bond acceptors (Lipinski definition) is 5. The first kappa shape index (κ1) is 31.5. The molecule has 5 nitrogen and oxygen atoms in total. The Labute approximate surface area is 213 Å². The van der Waals surface area contributed by atoms with Crippen LogP contribution in [-0.2, 0) is 4.79 Å². The van der Waals surface area contributed by atoms with Crippen LogP contribution in [0.4, 0.5) is 0 Å². The molecule has 2 N–H and O–H groups in total. The first-order valence-corrected chi connectivity index (χ1v) is 14.1. The summed E-state index contributed by atoms with van der Waals surface area (Å²) in [7, 11) is 0. The first-order valence-electron chi connectivity index (χ1n) is 14.1. The Balaban J connectivity index is 0.000000340. The summed E-state index contributed by atoms with van der Waals surface area (Å²) >= 11 is 0. The highest BCUT2D eigenvalue weighted by atomic mass is 16.1. The maximum atomic E-state index is 12.4. The van der Waals surface area contributed by atoms with Gasteiger partial charge in [-0.15, -0.1) is 0 Å². The molecule has 2 aliphatic rings. The van der Waals surface area contributed by atoms with Crippen LogP contribution in [0.25, 0.3) is 0 Å². The molecule has 2 saturated heterocycles. The molecule has 0 atom stereocenters. The second-order valence-corrected chi connectivity index (χ2v) is 13.1. The van der Waals surface area contributed by atoms with Crippen molar-refractivity contribution in [3.05, 3.63) is 0 Å². The van der Waals surface area contributed by atoms with Crippen molar-refractivity contribution in [3.8, 4) is 0 Å². The number of Topliss-reactive ketones (excluding diaryl/α,β-unsaturated/α-hetero) is 1. The minimum atomic E-state index is -0.279. The van der Waals surface area contributed by atoms with Crippen LogP contribution in [0.1, 0.15) is 101 Å². The van der Waals surface area contributed by atoms with Crippen molar-refractivity contribution < 1.29 is 4.79 Å². The number of piperazine rings is 1. The number of hydrogen-bond donors (Lipinski definition) is 1. The van der Waals surface area contributed by atoms with Gasteiger partial charge in [0, 0.05) is 48.6 Å². The molecule has 0 aromatic carbocycles. The summed E-state index contributed by atoms with van der Waals surface area (Å²) in [6.45, 7) is 31.2. The molecule has 0 saturated carbocycles. The summed E-state index contributed by atoms with van der Waals surface area (Å²) in [6, 6.07) is 0. The fourth-order valence-corrected chi connectivity index (χ4v) is 5.40. The topological polar surface area (TPSA) is 52.8 Å². The Morgan fingerprint density at radius 3 is 1.76 bits per heavy atom. The molecule has 0 unspecified atom stereocenters. The number of likely N-dealkylation sites (tertiary alicyclic amines) is 1. The van der Waals surface area contributed by atoms with Gasteiger partial charge in [-0.2, -0.15) is 0 Å². The molecule has 0 aromatic rings. The molecule has 5 heteroatoms. The Bertz CT molecular complexity index is 583. The molecule has 2 aliphatic heterocycles. The molecule has 0 radical (unpaired) electrons. The molecule has 0 amide bonds. The van der Waals surface area contributed by atoms with E-state index in [9.17, 15) is 4.79 Å². The Kier molecular flexibility index (Phi) is 12.7. The van der Waals surface area contributed by atoms with E-state index in [-0.39, 0.29) is 22.4 Å². The van der Waals surface area contributed by atoms with E-state index in [0.717, 1.165) is 32.0 Å². The van der Waals surface area contributed by atoms with Crippen LogP contribution in [-0.4, -0.2) is 83.9 Å². The second kappa shape index (κ2) is 13.7. The van der Waals surface area contributed by atoms with Gasteiger partial charge < -0.3 is 10.6 Å². The number of nitrogens with zero attached hydrogens (tertiary/aromatic N) is 3. The number of ketones is 1. The smallest absolute Gasteiger partial charge is 0.142 e. The molecular formula is C29H60N4O. The summed E-state index contributed by atoms with van der Waals surface area (Å²) in [5, 5.41) is 0. The molecule has 34 heavy (non-hydrogen) atoms. The van der Waals surface area contributed by atoms with Crippen molar-refractivity contribution in [1.82, 2.24) is 14.7 Å². The third kappa shape index (κ3) is 8.87. The third-order valence-corrected chi connectivity index (χ3v) is 8.82. The lowest BCUT2D eigenvalue weighted by atomic mass is 9.67. The zero-order valence-electron chi connectivity index (χ0n) is 24.7. The van der Waals surface area contributed by atoms with Crippen LogP contribution in [0.3, 0.4) is 0 Å². The summed E-state index contributed by atoms with van der Waals surface area (Å²) in [5.74, 6) is 1.32. The van der Waals surface area contributed by atoms with E-state index in [4.69, 9.17) is 5.73 Å². The van der Waals surface area contributed by atoms with Gasteiger partial charge in [0.15, 0.2) is 0 Å². The molecule has 2 fully saturated rings. The van der Waals surface area contributed by atoms with Gasteiger partial charge in [0.05, 0.1) is 0 Å². The van der Waals surface area contributed by atoms with Crippen molar-refractivity contribution >= 4 is 5.78 Å². The zero-order valence-corrected chi connectivity index (χ0v) is 24.7. The minimum absolute atomic E-state index is 0.0469. The Morgan fingerprint density at radius 1 is 0.794 bits per heavy atom. The van der Waals surface area contributed by atoms with Crippen molar-refractivity contribution in [2.24, 2.45) is 23.0 Å². The summed E-state index contributed by atoms with van der Waals surface area (Å²) in [5.41, 5.74) is 5.64. The molecule has 0 aromatic heterocycles. The van der Waals surface area contributed by atoms with Crippen molar-refractivity contribution in [3.63, 3.8) is 0 Å². The molecule has 2 rings (SSSR count). The summed E-state index contributed by atoms with van der Waals surface area (Å²) in [6.07, 6.45) is 6.31. The van der Waals surface area contributed by atoms with Crippen molar-refractivity contribution in [2.75, 3.05) is 52.4 Å². The number of nitrogens with two attached hydrogens (primary N) is 1. The fraction of sp³-hybridized carbons (Fsp3) is 0.966. The number of carbonyl (C=O) groups is 1. The van der Waals surface area contributed by atoms with Gasteiger partial charge in [0.25, 0.3) is 0 Å². The highest BCUT2D eigenvalue weighted by Gasteiger charge is 2.47. The first-order chi connectivity index (χ1) is 15.7. The quantitative estimate of drug-likeness (QED) is 0.461. The van der Waals surface area contributed by atoms with Gasteiger partial charge in [-0.25, -0.2) is 0 Å². The third-order valence-electron chi connectivity index (χ3n) is 8.82. The monoisotopic (exact) mass is 480 g/mol. The van der Waals surface area contributed by atoms with Crippen molar-refractivity contribution in [2.45, 2.75) is 112 Å². The van der Waals surface area contributed by atoms with Gasteiger partial charge in [0.2, 0.25) is 0 Å². The number of piperidine rings is 1. The van der Waals surface area contributed by atoms with E-state index >= 15 is 0 Å². The van der Waals surface area contributed by atoms with Gasteiger partial charge in [-0.1, -0.05) is 48.0 Å². The fourth-order valence-electron chi connectivity index (χ4n) is 5.40. The Morgan fingerprint density at radius 2 is 1.32 bits per heavy atom. The maximum absolute atomic E-state index is 12.4. The highest BCUT2D eigenvalue weighted by Crippen LogP contribution is 2.39. The van der Waals surface area contributed by atoms with Gasteiger partial charge in [0.1, 0.15) is 5.78 Å². The normalized spacial score (nSPS) is 19.9. The number of carbonyl (C=O) groups excluding carboxylic acids is 1. The lowest BCUT2D eigenvalue weighted by Crippen LogP contribution is -2.59. The van der Waals surface area contributed by atoms with Crippen LogP contribution in [0.5, 0.6) is 0 Å². The summed E-state index contributed by atoms with van der Waals surface area (Å²) < 4.78 is 0. The predicted molar refractivity (Wildman–Crippen MR) is 148 cm³/mol. The lowest BCUT2D eigenvalue weighted by Gasteiger charge is -2.50. The minimum Gasteiger partial charge on any atom is -0.330 e. The molecule has 2 heterocycles. The molecule has 0 spiro atoms. The van der Waals surface area contributed by atoms with Crippen LogP contribution in [0, 0.1) is 17.3 Å². The van der Waals surface area contributed by atoms with Gasteiger partial charge >= 0.3 is 0 Å². The zero-order chi connectivity index (χ0) is 26.2. The van der Waals surface area contributed by atoms with E-state index < -0.39 is 0 Å². The van der Waals surface area contributed by atoms with E-state index in [2.05, 4.69) is 70.1 Å².